The standard InChI is InChI=1S/C25H35N7O3/c1-14(2)13-35-25(34)32-18-5-6-19(32)10-17(9-18)29-24-20-7-4-16(12-33)28-21(20)11-23(31-24)30-22(27)8-15(3)26/h4,7-8,11,14,17-19,33H,5-6,9-10,12-13,26H2,1-3H3,(H3,27,29,30,31)/b15-8-/t17?,18-,19+. The number of aliphatic hydroxyl groups is 1. The van der Waals surface area contributed by atoms with Crippen LogP contribution in [0.25, 0.3) is 10.9 Å². The number of carbonyl (C=O) groups is 1. The van der Waals surface area contributed by atoms with Crippen molar-refractivity contribution in [3.63, 3.8) is 0 Å². The molecule has 0 aromatic carbocycles. The molecule has 2 fully saturated rings. The zero-order valence-electron chi connectivity index (χ0n) is 20.6. The molecule has 2 saturated heterocycles. The van der Waals surface area contributed by atoms with Gasteiger partial charge in [-0.25, -0.2) is 14.8 Å². The lowest BCUT2D eigenvalue weighted by atomic mass is 9.97. The quantitative estimate of drug-likeness (QED) is 0.348. The van der Waals surface area contributed by atoms with Gasteiger partial charge in [-0.15, -0.1) is 0 Å². The summed E-state index contributed by atoms with van der Waals surface area (Å²) < 4.78 is 5.52. The van der Waals surface area contributed by atoms with Gasteiger partial charge in [-0.2, -0.15) is 0 Å². The summed E-state index contributed by atoms with van der Waals surface area (Å²) in [5.74, 6) is 1.60. The zero-order chi connectivity index (χ0) is 25.1. The van der Waals surface area contributed by atoms with Crippen molar-refractivity contribution in [3.05, 3.63) is 35.7 Å². The Hall–Kier alpha value is -3.40. The average molecular weight is 482 g/mol. The Morgan fingerprint density at radius 3 is 2.63 bits per heavy atom. The molecule has 2 aliphatic heterocycles. The minimum atomic E-state index is -0.205. The lowest BCUT2D eigenvalue weighted by molar-refractivity contribution is 0.0603. The normalized spacial score (nSPS) is 22.7. The van der Waals surface area contributed by atoms with Gasteiger partial charge in [0.25, 0.3) is 0 Å². The van der Waals surface area contributed by atoms with Gasteiger partial charge in [0, 0.05) is 35.3 Å². The van der Waals surface area contributed by atoms with Gasteiger partial charge in [0.1, 0.15) is 11.7 Å². The first-order valence-electron chi connectivity index (χ1n) is 12.1. The molecule has 188 valence electrons. The monoisotopic (exact) mass is 481 g/mol. The smallest absolute Gasteiger partial charge is 0.410 e. The Morgan fingerprint density at radius 2 is 2.00 bits per heavy atom. The first-order chi connectivity index (χ1) is 16.7. The van der Waals surface area contributed by atoms with Crippen LogP contribution in [0.3, 0.4) is 0 Å². The summed E-state index contributed by atoms with van der Waals surface area (Å²) in [5.41, 5.74) is 13.5. The van der Waals surface area contributed by atoms with E-state index < -0.39 is 0 Å². The molecule has 10 heteroatoms. The number of anilines is 1. The number of nitrogens with zero attached hydrogens (tertiary/aromatic N) is 4. The highest BCUT2D eigenvalue weighted by Crippen LogP contribution is 2.38. The van der Waals surface area contributed by atoms with Gasteiger partial charge in [0.2, 0.25) is 0 Å². The van der Waals surface area contributed by atoms with Crippen LogP contribution in [0, 0.1) is 5.92 Å². The predicted molar refractivity (Wildman–Crippen MR) is 136 cm³/mol. The minimum absolute atomic E-state index is 0.137. The summed E-state index contributed by atoms with van der Waals surface area (Å²) in [6.07, 6.45) is 4.93. The number of carbonyl (C=O) groups excluding carboxylic acids is 1. The number of fused-ring (bicyclic) bond motifs is 3. The Balaban J connectivity index is 1.58. The summed E-state index contributed by atoms with van der Waals surface area (Å²) in [6.45, 7) is 6.08. The fraction of sp³-hybridized carbons (Fsp3) is 0.520. The molecule has 6 N–H and O–H groups in total. The number of hydrogen-bond donors (Lipinski definition) is 4. The SMILES string of the molecule is C/C(N)=C/C(N)=Nc1cc2nc(CO)ccc2c(NC2C[C@H]3CC[C@@H](C2)N3C(=O)OCC(C)C)n1. The highest BCUT2D eigenvalue weighted by atomic mass is 16.6. The Morgan fingerprint density at radius 1 is 1.29 bits per heavy atom. The zero-order valence-corrected chi connectivity index (χ0v) is 20.6. The third-order valence-electron chi connectivity index (χ3n) is 6.34. The third-order valence-corrected chi connectivity index (χ3v) is 6.34. The summed E-state index contributed by atoms with van der Waals surface area (Å²) in [7, 11) is 0. The van der Waals surface area contributed by atoms with Crippen molar-refractivity contribution in [3.8, 4) is 0 Å². The van der Waals surface area contributed by atoms with Gasteiger partial charge in [-0.3, -0.25) is 4.98 Å². The van der Waals surface area contributed by atoms with Crippen LogP contribution in [0.4, 0.5) is 16.4 Å². The molecule has 0 radical (unpaired) electrons. The van der Waals surface area contributed by atoms with Crippen molar-refractivity contribution in [1.29, 1.82) is 0 Å². The molecular weight excluding hydrogens is 446 g/mol. The number of piperidine rings is 1. The highest BCUT2D eigenvalue weighted by Gasteiger charge is 2.44. The van der Waals surface area contributed by atoms with Gasteiger partial charge in [0.05, 0.1) is 24.4 Å². The van der Waals surface area contributed by atoms with Crippen LogP contribution in [0.2, 0.25) is 0 Å². The lowest BCUT2D eigenvalue weighted by Crippen LogP contribution is -2.50. The van der Waals surface area contributed by atoms with E-state index in [0.717, 1.165) is 31.1 Å². The van der Waals surface area contributed by atoms with Gasteiger partial charge >= 0.3 is 6.09 Å². The highest BCUT2D eigenvalue weighted by molar-refractivity contribution is 5.95. The number of aliphatic hydroxyl groups excluding tert-OH is 1. The van der Waals surface area contributed by atoms with Gasteiger partial charge in [-0.05, 0) is 56.7 Å². The Bertz CT molecular complexity index is 1130. The number of aliphatic imine (C=N–C) groups is 1. The number of ether oxygens (including phenoxy) is 1. The number of hydrogen-bond acceptors (Lipinski definition) is 8. The molecule has 0 spiro atoms. The van der Waals surface area contributed by atoms with Crippen LogP contribution in [0.5, 0.6) is 0 Å². The number of amides is 1. The van der Waals surface area contributed by atoms with E-state index in [-0.39, 0.29) is 36.7 Å². The van der Waals surface area contributed by atoms with Crippen molar-refractivity contribution < 1.29 is 14.6 Å². The molecule has 2 aromatic heterocycles. The molecular formula is C25H35N7O3. The number of rotatable bonds is 7. The minimum Gasteiger partial charge on any atom is -0.449 e. The second-order valence-corrected chi connectivity index (χ2v) is 9.86. The molecule has 0 aliphatic carbocycles. The number of amidine groups is 1. The van der Waals surface area contributed by atoms with E-state index in [1.165, 1.54) is 0 Å². The van der Waals surface area contributed by atoms with E-state index >= 15 is 0 Å². The Kier molecular flexibility index (Phi) is 7.39. The maximum Gasteiger partial charge on any atom is 0.410 e. The molecule has 2 aromatic rings. The van der Waals surface area contributed by atoms with Crippen LogP contribution >= 0.6 is 0 Å². The first kappa shape index (κ1) is 24.7. The fourth-order valence-corrected chi connectivity index (χ4v) is 4.91. The predicted octanol–water partition coefficient (Wildman–Crippen LogP) is 3.17. The molecule has 4 rings (SSSR count). The van der Waals surface area contributed by atoms with Crippen LogP contribution < -0.4 is 16.8 Å². The first-order valence-corrected chi connectivity index (χ1v) is 12.1. The summed E-state index contributed by atoms with van der Waals surface area (Å²) in [6, 6.07) is 5.85. The molecule has 10 nitrogen and oxygen atoms in total. The molecule has 2 aliphatic rings. The van der Waals surface area contributed by atoms with E-state index in [1.54, 1.807) is 25.1 Å². The second kappa shape index (κ2) is 10.5. The summed E-state index contributed by atoms with van der Waals surface area (Å²) in [4.78, 5) is 28.3. The number of nitrogens with two attached hydrogens (primary N) is 2. The van der Waals surface area contributed by atoms with E-state index in [1.807, 2.05) is 24.8 Å². The Labute approximate surface area is 205 Å². The number of nitrogens with one attached hydrogen (secondary N) is 1. The lowest BCUT2D eigenvalue weighted by Gasteiger charge is -2.38. The van der Waals surface area contributed by atoms with Gasteiger partial charge in [-0.1, -0.05) is 13.8 Å². The fourth-order valence-electron chi connectivity index (χ4n) is 4.91. The van der Waals surface area contributed by atoms with Crippen molar-refractivity contribution in [2.75, 3.05) is 11.9 Å². The van der Waals surface area contributed by atoms with Crippen molar-refractivity contribution in [2.45, 2.75) is 71.2 Å². The second-order valence-electron chi connectivity index (χ2n) is 9.86. The number of allylic oxidation sites excluding steroid dienone is 1. The number of aromatic nitrogens is 2. The van der Waals surface area contributed by atoms with E-state index in [2.05, 4.69) is 15.3 Å². The van der Waals surface area contributed by atoms with Crippen molar-refractivity contribution in [2.24, 2.45) is 22.4 Å². The molecule has 35 heavy (non-hydrogen) atoms. The van der Waals surface area contributed by atoms with Crippen LogP contribution in [-0.2, 0) is 11.3 Å². The van der Waals surface area contributed by atoms with Crippen LogP contribution in [0.15, 0.2) is 35.0 Å². The van der Waals surface area contributed by atoms with Gasteiger partial charge < -0.3 is 31.5 Å². The molecule has 3 atom stereocenters. The van der Waals surface area contributed by atoms with E-state index in [4.69, 9.17) is 21.2 Å². The third kappa shape index (κ3) is 5.82. The number of pyridine rings is 2. The molecule has 1 unspecified atom stereocenters. The van der Waals surface area contributed by atoms with Crippen molar-refractivity contribution in [1.82, 2.24) is 14.9 Å². The molecule has 1 amide bonds. The largest absolute Gasteiger partial charge is 0.449 e. The van der Waals surface area contributed by atoms with Crippen LogP contribution in [0.1, 0.15) is 52.1 Å². The average Bonchev–Trinajstić information content (AvgIpc) is 3.06. The maximum absolute atomic E-state index is 12.7. The molecule has 2 bridgehead atoms. The van der Waals surface area contributed by atoms with Gasteiger partial charge in [0.15, 0.2) is 5.82 Å². The molecule has 4 heterocycles. The summed E-state index contributed by atoms with van der Waals surface area (Å²) in [5, 5.41) is 14.0. The topological polar surface area (TPSA) is 152 Å². The molecule has 0 saturated carbocycles. The van der Waals surface area contributed by atoms with Crippen LogP contribution in [-0.4, -0.2) is 56.6 Å². The van der Waals surface area contributed by atoms with E-state index in [0.29, 0.717) is 41.1 Å². The summed E-state index contributed by atoms with van der Waals surface area (Å²) >= 11 is 0. The van der Waals surface area contributed by atoms with E-state index in [9.17, 15) is 9.90 Å². The van der Waals surface area contributed by atoms with Crippen molar-refractivity contribution >= 4 is 34.5 Å². The maximum atomic E-state index is 12.7.